The number of ketones is 1. The maximum absolute atomic E-state index is 12.0. The van der Waals surface area contributed by atoms with Gasteiger partial charge in [-0.1, -0.05) is 23.8 Å². The predicted molar refractivity (Wildman–Crippen MR) is 69.5 cm³/mol. The zero-order valence-corrected chi connectivity index (χ0v) is 11.1. The Labute approximate surface area is 103 Å². The summed E-state index contributed by atoms with van der Waals surface area (Å²) in [6.45, 7) is 5.10. The predicted octanol–water partition coefficient (Wildman–Crippen LogP) is 2.14. The fourth-order valence-corrected chi connectivity index (χ4v) is 1.66. The van der Waals surface area contributed by atoms with Crippen LogP contribution < -0.4 is 0 Å². The zero-order chi connectivity index (χ0) is 12.8. The molecule has 0 aliphatic carbocycles. The summed E-state index contributed by atoms with van der Waals surface area (Å²) in [4.78, 5) is 14.0. The van der Waals surface area contributed by atoms with Crippen molar-refractivity contribution in [2.45, 2.75) is 19.9 Å². The van der Waals surface area contributed by atoms with Gasteiger partial charge in [0.2, 0.25) is 0 Å². The van der Waals surface area contributed by atoms with E-state index in [1.165, 1.54) is 0 Å². The summed E-state index contributed by atoms with van der Waals surface area (Å²) in [6.07, 6.45) is 0. The molecule has 0 bridgehead atoms. The van der Waals surface area contributed by atoms with Gasteiger partial charge in [0.1, 0.15) is 0 Å². The van der Waals surface area contributed by atoms with Gasteiger partial charge in [-0.05, 0) is 27.0 Å². The van der Waals surface area contributed by atoms with Gasteiger partial charge in [-0.3, -0.25) is 9.69 Å². The third-order valence-corrected chi connectivity index (χ3v) is 2.89. The lowest BCUT2D eigenvalue weighted by Gasteiger charge is -2.23. The smallest absolute Gasteiger partial charge is 0.176 e. The highest BCUT2D eigenvalue weighted by atomic mass is 16.5. The van der Waals surface area contributed by atoms with Crippen molar-refractivity contribution < 1.29 is 9.53 Å². The Hall–Kier alpha value is -1.19. The van der Waals surface area contributed by atoms with Gasteiger partial charge in [-0.25, -0.2) is 0 Å². The van der Waals surface area contributed by atoms with E-state index < -0.39 is 0 Å². The molecule has 1 rings (SSSR count). The first kappa shape index (κ1) is 13.9. The molecule has 0 fully saturated rings. The number of Topliss-reactive ketones (excluding diaryl/α,β-unsaturated/α-hetero) is 1. The fraction of sp³-hybridized carbons (Fsp3) is 0.500. The third-order valence-electron chi connectivity index (χ3n) is 2.89. The van der Waals surface area contributed by atoms with Crippen LogP contribution in [0.1, 0.15) is 22.8 Å². The van der Waals surface area contributed by atoms with Crippen molar-refractivity contribution in [3.8, 4) is 0 Å². The van der Waals surface area contributed by atoms with Crippen molar-refractivity contribution in [1.29, 1.82) is 0 Å². The number of hydrogen-bond acceptors (Lipinski definition) is 3. The number of carbonyl (C=O) groups is 1. The Morgan fingerprint density at radius 2 is 2.18 bits per heavy atom. The summed E-state index contributed by atoms with van der Waals surface area (Å²) in [5.41, 5.74) is 1.89. The standard InChI is InChI=1S/C14H21NO2/c1-11-6-5-7-13(8-11)14(16)9-15(3)12(2)10-17-4/h5-8,12H,9-10H2,1-4H3. The molecule has 0 saturated heterocycles. The Morgan fingerprint density at radius 3 is 2.76 bits per heavy atom. The number of methoxy groups -OCH3 is 1. The third kappa shape index (κ3) is 4.29. The van der Waals surface area contributed by atoms with Crippen molar-refractivity contribution in [1.82, 2.24) is 4.90 Å². The van der Waals surface area contributed by atoms with Crippen LogP contribution in [0.15, 0.2) is 24.3 Å². The van der Waals surface area contributed by atoms with Crippen LogP contribution in [0.5, 0.6) is 0 Å². The van der Waals surface area contributed by atoms with E-state index >= 15 is 0 Å². The van der Waals surface area contributed by atoms with Gasteiger partial charge in [-0.2, -0.15) is 0 Å². The summed E-state index contributed by atoms with van der Waals surface area (Å²) in [5, 5.41) is 0. The average Bonchev–Trinajstić information content (AvgIpc) is 2.29. The molecule has 0 amide bonds. The van der Waals surface area contributed by atoms with Crippen LogP contribution in [-0.2, 0) is 4.74 Å². The first-order valence-electron chi connectivity index (χ1n) is 5.83. The summed E-state index contributed by atoms with van der Waals surface area (Å²) >= 11 is 0. The number of carbonyl (C=O) groups excluding carboxylic acids is 1. The van der Waals surface area contributed by atoms with Gasteiger partial charge in [0.25, 0.3) is 0 Å². The second-order valence-corrected chi connectivity index (χ2v) is 4.51. The second-order valence-electron chi connectivity index (χ2n) is 4.51. The van der Waals surface area contributed by atoms with E-state index in [1.54, 1.807) is 7.11 Å². The maximum atomic E-state index is 12.0. The van der Waals surface area contributed by atoms with Crippen molar-refractivity contribution in [3.63, 3.8) is 0 Å². The Balaban J connectivity index is 2.60. The Morgan fingerprint density at radius 1 is 1.47 bits per heavy atom. The molecular weight excluding hydrogens is 214 g/mol. The minimum absolute atomic E-state index is 0.152. The number of hydrogen-bond donors (Lipinski definition) is 0. The van der Waals surface area contributed by atoms with Crippen molar-refractivity contribution in [3.05, 3.63) is 35.4 Å². The molecule has 3 heteroatoms. The molecular formula is C14H21NO2. The minimum Gasteiger partial charge on any atom is -0.383 e. The second kappa shape index (κ2) is 6.52. The summed E-state index contributed by atoms with van der Waals surface area (Å²) in [6, 6.07) is 7.95. The van der Waals surface area contributed by atoms with Crippen molar-refractivity contribution in [2.24, 2.45) is 0 Å². The Kier molecular flexibility index (Phi) is 5.32. The SMILES string of the molecule is COCC(C)N(C)CC(=O)c1cccc(C)c1. The van der Waals surface area contributed by atoms with Crippen molar-refractivity contribution in [2.75, 3.05) is 27.3 Å². The van der Waals surface area contributed by atoms with Gasteiger partial charge in [0, 0.05) is 18.7 Å². The monoisotopic (exact) mass is 235 g/mol. The molecule has 0 radical (unpaired) electrons. The molecule has 0 spiro atoms. The molecule has 1 unspecified atom stereocenters. The number of benzene rings is 1. The van der Waals surface area contributed by atoms with Gasteiger partial charge in [0.05, 0.1) is 13.2 Å². The van der Waals surface area contributed by atoms with Gasteiger partial charge < -0.3 is 4.74 Å². The van der Waals surface area contributed by atoms with Crippen LogP contribution in [0.3, 0.4) is 0 Å². The van der Waals surface area contributed by atoms with Crippen LogP contribution in [0.4, 0.5) is 0 Å². The number of ether oxygens (including phenoxy) is 1. The Bertz CT molecular complexity index is 376. The average molecular weight is 235 g/mol. The molecule has 0 saturated carbocycles. The van der Waals surface area contributed by atoms with E-state index in [0.29, 0.717) is 13.2 Å². The summed E-state index contributed by atoms with van der Waals surface area (Å²) in [7, 11) is 3.62. The summed E-state index contributed by atoms with van der Waals surface area (Å²) < 4.78 is 5.08. The van der Waals surface area contributed by atoms with Crippen LogP contribution in [-0.4, -0.2) is 44.0 Å². The zero-order valence-electron chi connectivity index (χ0n) is 11.1. The van der Waals surface area contributed by atoms with E-state index in [4.69, 9.17) is 4.74 Å². The first-order valence-corrected chi connectivity index (χ1v) is 5.83. The van der Waals surface area contributed by atoms with E-state index in [9.17, 15) is 4.79 Å². The molecule has 1 aromatic carbocycles. The molecule has 0 heterocycles. The van der Waals surface area contributed by atoms with E-state index in [1.807, 2.05) is 50.1 Å². The molecule has 94 valence electrons. The largest absolute Gasteiger partial charge is 0.383 e. The first-order chi connectivity index (χ1) is 8.04. The van der Waals surface area contributed by atoms with E-state index in [0.717, 1.165) is 11.1 Å². The van der Waals surface area contributed by atoms with Crippen LogP contribution in [0.2, 0.25) is 0 Å². The fourth-order valence-electron chi connectivity index (χ4n) is 1.66. The molecule has 1 atom stereocenters. The normalized spacial score (nSPS) is 12.8. The number of aryl methyl sites for hydroxylation is 1. The van der Waals surface area contributed by atoms with Gasteiger partial charge in [-0.15, -0.1) is 0 Å². The maximum Gasteiger partial charge on any atom is 0.176 e. The topological polar surface area (TPSA) is 29.5 Å². The van der Waals surface area contributed by atoms with E-state index in [-0.39, 0.29) is 11.8 Å². The lowest BCUT2D eigenvalue weighted by molar-refractivity contribution is 0.0841. The van der Waals surface area contributed by atoms with Crippen LogP contribution in [0.25, 0.3) is 0 Å². The highest BCUT2D eigenvalue weighted by Gasteiger charge is 2.14. The van der Waals surface area contributed by atoms with Crippen molar-refractivity contribution >= 4 is 5.78 Å². The number of rotatable bonds is 6. The molecule has 1 aromatic rings. The molecule has 0 aliphatic rings. The minimum atomic E-state index is 0.152. The number of likely N-dealkylation sites (N-methyl/N-ethyl adjacent to an activating group) is 1. The van der Waals surface area contributed by atoms with Crippen LogP contribution in [0, 0.1) is 6.92 Å². The number of nitrogens with zero attached hydrogens (tertiary/aromatic N) is 1. The molecule has 3 nitrogen and oxygen atoms in total. The van der Waals surface area contributed by atoms with Crippen LogP contribution >= 0.6 is 0 Å². The van der Waals surface area contributed by atoms with Gasteiger partial charge in [0.15, 0.2) is 5.78 Å². The van der Waals surface area contributed by atoms with Gasteiger partial charge >= 0.3 is 0 Å². The molecule has 17 heavy (non-hydrogen) atoms. The lowest BCUT2D eigenvalue weighted by atomic mass is 10.1. The highest BCUT2D eigenvalue weighted by Crippen LogP contribution is 2.06. The highest BCUT2D eigenvalue weighted by molar-refractivity contribution is 5.97. The molecule has 0 aromatic heterocycles. The lowest BCUT2D eigenvalue weighted by Crippen LogP contribution is -2.36. The quantitative estimate of drug-likeness (QED) is 0.708. The summed E-state index contributed by atoms with van der Waals surface area (Å²) in [5.74, 6) is 0.152. The molecule has 0 N–H and O–H groups in total. The van der Waals surface area contributed by atoms with E-state index in [2.05, 4.69) is 0 Å². The molecule has 0 aliphatic heterocycles.